The number of fused-ring (bicyclic) bond motifs is 1. The number of hydrogen-bond donors (Lipinski definition) is 0. The van der Waals surface area contributed by atoms with Crippen LogP contribution in [-0.2, 0) is 6.42 Å². The molecule has 1 heterocycles. The van der Waals surface area contributed by atoms with Gasteiger partial charge in [0.15, 0.2) is 0 Å². The molecular weight excluding hydrogens is 263 g/mol. The first-order valence-electron chi connectivity index (χ1n) is 8.07. The fourth-order valence-electron chi connectivity index (χ4n) is 3.32. The fraction of sp³-hybridized carbons (Fsp3) is 0.647. The van der Waals surface area contributed by atoms with Gasteiger partial charge in [0.25, 0.3) is 0 Å². The van der Waals surface area contributed by atoms with Crippen LogP contribution in [0.1, 0.15) is 49.4 Å². The molecule has 3 rings (SSSR count). The number of hydrogen-bond acceptors (Lipinski definition) is 2. The topological polar surface area (TPSA) is 6.48 Å². The highest BCUT2D eigenvalue weighted by atomic mass is 31.0. The molecule has 2 aliphatic rings. The molecule has 1 fully saturated rings. The third-order valence-electron chi connectivity index (χ3n) is 4.37. The number of rotatable bonds is 1. The minimum atomic E-state index is 0.673. The van der Waals surface area contributed by atoms with Gasteiger partial charge in [-0.2, -0.15) is 0 Å². The Kier molecular flexibility index (Phi) is 6.01. The van der Waals surface area contributed by atoms with Crippen molar-refractivity contribution in [3.8, 4) is 0 Å². The van der Waals surface area contributed by atoms with Crippen LogP contribution < -0.4 is 0 Å². The second-order valence-corrected chi connectivity index (χ2v) is 6.41. The molecule has 1 aromatic carbocycles. The molecule has 1 aromatic rings. The monoisotopic (exact) mass is 292 g/mol. The Morgan fingerprint density at radius 2 is 1.80 bits per heavy atom. The van der Waals surface area contributed by atoms with E-state index >= 15 is 0 Å². The van der Waals surface area contributed by atoms with Gasteiger partial charge in [-0.25, -0.2) is 0 Å². The first kappa shape index (κ1) is 15.9. The Bertz CT molecular complexity index is 425. The maximum absolute atomic E-state index is 2.84. The van der Waals surface area contributed by atoms with Gasteiger partial charge in [-0.3, -0.25) is 9.57 Å². The molecule has 0 amide bonds. The van der Waals surface area contributed by atoms with Gasteiger partial charge >= 0.3 is 0 Å². The minimum absolute atomic E-state index is 0.673. The third-order valence-corrected chi connectivity index (χ3v) is 4.89. The highest BCUT2D eigenvalue weighted by molar-refractivity contribution is 7.13. The molecule has 0 radical (unpaired) electrons. The van der Waals surface area contributed by atoms with Crippen molar-refractivity contribution in [1.82, 2.24) is 9.57 Å². The van der Waals surface area contributed by atoms with Crippen molar-refractivity contribution in [2.75, 3.05) is 26.2 Å². The lowest BCUT2D eigenvalue weighted by molar-refractivity contribution is 0.129. The molecule has 1 saturated heterocycles. The highest BCUT2D eigenvalue weighted by Crippen LogP contribution is 2.35. The first-order chi connectivity index (χ1) is 9.74. The summed E-state index contributed by atoms with van der Waals surface area (Å²) in [4.78, 5) is 2.69. The molecule has 0 bridgehead atoms. The lowest BCUT2D eigenvalue weighted by Gasteiger charge is -2.40. The van der Waals surface area contributed by atoms with Crippen LogP contribution in [0.3, 0.4) is 0 Å². The number of nitrogens with zero attached hydrogens (tertiary/aromatic N) is 2. The summed E-state index contributed by atoms with van der Waals surface area (Å²) in [6.45, 7) is 11.0. The van der Waals surface area contributed by atoms with Gasteiger partial charge in [0.2, 0.25) is 0 Å². The molecule has 0 N–H and O–H groups in total. The Morgan fingerprint density at radius 1 is 1.10 bits per heavy atom. The van der Waals surface area contributed by atoms with E-state index in [9.17, 15) is 0 Å². The maximum atomic E-state index is 2.84. The summed E-state index contributed by atoms with van der Waals surface area (Å²) in [5.74, 6) is 0. The summed E-state index contributed by atoms with van der Waals surface area (Å²) in [7, 11) is 2.84. The average molecular weight is 292 g/mol. The average Bonchev–Trinajstić information content (AvgIpc) is 2.49. The van der Waals surface area contributed by atoms with Gasteiger partial charge in [-0.1, -0.05) is 47.0 Å². The molecule has 2 unspecified atom stereocenters. The van der Waals surface area contributed by atoms with Crippen molar-refractivity contribution in [2.24, 2.45) is 0 Å². The Labute approximate surface area is 126 Å². The van der Waals surface area contributed by atoms with Gasteiger partial charge in [-0.05, 0) is 37.3 Å². The summed E-state index contributed by atoms with van der Waals surface area (Å²) in [6, 6.07) is 7.71. The van der Waals surface area contributed by atoms with Crippen LogP contribution in [-0.4, -0.2) is 35.7 Å². The first-order valence-corrected chi connectivity index (χ1v) is 8.59. The summed E-state index contributed by atoms with van der Waals surface area (Å²) in [5, 5.41) is 0. The summed E-state index contributed by atoms with van der Waals surface area (Å²) in [6.07, 6.45) is 3.96. The predicted octanol–water partition coefficient (Wildman–Crippen LogP) is 3.81. The zero-order valence-electron chi connectivity index (χ0n) is 13.2. The molecule has 20 heavy (non-hydrogen) atoms. The minimum Gasteiger partial charge on any atom is -0.294 e. The zero-order chi connectivity index (χ0) is 14.5. The summed E-state index contributed by atoms with van der Waals surface area (Å²) >= 11 is 0. The van der Waals surface area contributed by atoms with Crippen LogP contribution in [0.25, 0.3) is 0 Å². The van der Waals surface area contributed by atoms with Crippen molar-refractivity contribution in [3.05, 3.63) is 34.9 Å². The molecule has 0 spiro atoms. The molecule has 2 nitrogen and oxygen atoms in total. The summed E-state index contributed by atoms with van der Waals surface area (Å²) in [5.41, 5.74) is 4.61. The Hall–Kier alpha value is -0.430. The largest absolute Gasteiger partial charge is 0.294 e. The zero-order valence-corrected chi connectivity index (χ0v) is 14.4. The van der Waals surface area contributed by atoms with E-state index in [0.717, 1.165) is 0 Å². The Balaban J connectivity index is 0.000000704. The standard InChI is InChI=1S/C15H23N2P.C2H6/c1-12-5-6-13-3-2-4-15(14(13)11-12)16-7-9-17(18)10-8-16;1-2/h5-6,11,15H,2-4,7-10,18H2,1H3;1-2H3. The van der Waals surface area contributed by atoms with Crippen molar-refractivity contribution >= 4 is 9.39 Å². The van der Waals surface area contributed by atoms with E-state index in [4.69, 9.17) is 0 Å². The van der Waals surface area contributed by atoms with E-state index in [2.05, 4.69) is 44.1 Å². The quantitative estimate of drug-likeness (QED) is 0.726. The van der Waals surface area contributed by atoms with Crippen molar-refractivity contribution < 1.29 is 0 Å². The lowest BCUT2D eigenvalue weighted by atomic mass is 9.85. The molecule has 0 aromatic heterocycles. The van der Waals surface area contributed by atoms with E-state index in [1.54, 1.807) is 11.1 Å². The van der Waals surface area contributed by atoms with Crippen LogP contribution in [0.2, 0.25) is 0 Å². The van der Waals surface area contributed by atoms with Gasteiger partial charge in [0.05, 0.1) is 0 Å². The molecule has 2 atom stereocenters. The third kappa shape index (κ3) is 3.61. The Morgan fingerprint density at radius 3 is 2.50 bits per heavy atom. The van der Waals surface area contributed by atoms with E-state index in [1.807, 2.05) is 13.8 Å². The molecule has 0 saturated carbocycles. The molecule has 1 aliphatic heterocycles. The SMILES string of the molecule is CC.Cc1ccc2c(c1)C(N1CCN(P)CC1)CCC2. The van der Waals surface area contributed by atoms with Crippen molar-refractivity contribution in [3.63, 3.8) is 0 Å². The van der Waals surface area contributed by atoms with Crippen LogP contribution in [0.15, 0.2) is 18.2 Å². The fourth-order valence-corrected chi connectivity index (χ4v) is 3.55. The molecular formula is C17H29N2P. The van der Waals surface area contributed by atoms with Gasteiger partial charge in [0, 0.05) is 32.2 Å². The molecule has 112 valence electrons. The van der Waals surface area contributed by atoms with E-state index < -0.39 is 0 Å². The van der Waals surface area contributed by atoms with E-state index in [1.165, 1.54) is 51.0 Å². The number of piperazine rings is 1. The second kappa shape index (κ2) is 7.54. The number of benzene rings is 1. The second-order valence-electron chi connectivity index (χ2n) is 5.68. The van der Waals surface area contributed by atoms with Crippen LogP contribution in [0, 0.1) is 6.92 Å². The van der Waals surface area contributed by atoms with Crippen LogP contribution in [0.5, 0.6) is 0 Å². The predicted molar refractivity (Wildman–Crippen MR) is 91.1 cm³/mol. The lowest BCUT2D eigenvalue weighted by Crippen LogP contribution is -2.44. The van der Waals surface area contributed by atoms with E-state index in [-0.39, 0.29) is 0 Å². The smallest absolute Gasteiger partial charge is 0.0352 e. The molecule has 3 heteroatoms. The van der Waals surface area contributed by atoms with Crippen molar-refractivity contribution in [2.45, 2.75) is 46.1 Å². The van der Waals surface area contributed by atoms with Gasteiger partial charge in [0.1, 0.15) is 0 Å². The van der Waals surface area contributed by atoms with Crippen LogP contribution >= 0.6 is 9.39 Å². The highest BCUT2D eigenvalue weighted by Gasteiger charge is 2.27. The number of aryl methyl sites for hydroxylation is 2. The van der Waals surface area contributed by atoms with Crippen molar-refractivity contribution in [1.29, 1.82) is 0 Å². The van der Waals surface area contributed by atoms with Gasteiger partial charge < -0.3 is 0 Å². The van der Waals surface area contributed by atoms with Crippen LogP contribution in [0.4, 0.5) is 0 Å². The molecule has 1 aliphatic carbocycles. The maximum Gasteiger partial charge on any atom is 0.0352 e. The normalized spacial score (nSPS) is 23.7. The van der Waals surface area contributed by atoms with Gasteiger partial charge in [-0.15, -0.1) is 0 Å². The van der Waals surface area contributed by atoms with E-state index in [0.29, 0.717) is 6.04 Å². The summed E-state index contributed by atoms with van der Waals surface area (Å²) < 4.78 is 2.36.